The van der Waals surface area contributed by atoms with Crippen molar-refractivity contribution in [3.63, 3.8) is 0 Å². The van der Waals surface area contributed by atoms with Crippen molar-refractivity contribution in [3.05, 3.63) is 34.7 Å². The number of fused-ring (bicyclic) bond motifs is 1. The van der Waals surface area contributed by atoms with Crippen LogP contribution in [0.15, 0.2) is 29.2 Å². The van der Waals surface area contributed by atoms with Gasteiger partial charge in [-0.25, -0.2) is 4.98 Å². The van der Waals surface area contributed by atoms with E-state index < -0.39 is 0 Å². The van der Waals surface area contributed by atoms with Crippen molar-refractivity contribution in [2.24, 2.45) is 0 Å². The van der Waals surface area contributed by atoms with E-state index in [9.17, 15) is 9.59 Å². The molecule has 0 aliphatic carbocycles. The predicted molar refractivity (Wildman–Crippen MR) is 66.0 cm³/mol. The molecule has 0 aromatic carbocycles. The second-order valence-electron chi connectivity index (χ2n) is 3.73. The highest BCUT2D eigenvalue weighted by Gasteiger charge is 2.04. The summed E-state index contributed by atoms with van der Waals surface area (Å²) in [7, 11) is 0. The number of anilines is 1. The first-order chi connectivity index (χ1) is 8.11. The molecule has 2 aromatic heterocycles. The summed E-state index contributed by atoms with van der Waals surface area (Å²) in [4.78, 5) is 26.7. The Bertz CT molecular complexity index is 631. The Balaban J connectivity index is 2.65. The number of carbonyl (C=O) groups is 1. The van der Waals surface area contributed by atoms with Crippen LogP contribution in [0.2, 0.25) is 0 Å². The minimum atomic E-state index is -0.182. The smallest absolute Gasteiger partial charge is 0.251 e. The molecule has 1 N–H and O–H groups in total. The van der Waals surface area contributed by atoms with E-state index in [0.717, 1.165) is 10.9 Å². The van der Waals surface area contributed by atoms with Gasteiger partial charge in [-0.3, -0.25) is 9.59 Å². The first-order valence-corrected chi connectivity index (χ1v) is 5.39. The van der Waals surface area contributed by atoms with E-state index in [0.29, 0.717) is 12.4 Å². The van der Waals surface area contributed by atoms with Crippen LogP contribution in [0.5, 0.6) is 0 Å². The van der Waals surface area contributed by atoms with E-state index in [1.54, 1.807) is 22.9 Å². The van der Waals surface area contributed by atoms with E-state index in [1.807, 2.05) is 6.92 Å². The predicted octanol–water partition coefficient (Wildman–Crippen LogP) is 1.37. The summed E-state index contributed by atoms with van der Waals surface area (Å²) in [5, 5.41) is 3.48. The van der Waals surface area contributed by atoms with Crippen LogP contribution in [0.25, 0.3) is 10.9 Å². The zero-order chi connectivity index (χ0) is 12.4. The van der Waals surface area contributed by atoms with Crippen LogP contribution in [0.4, 0.5) is 5.82 Å². The van der Waals surface area contributed by atoms with Crippen molar-refractivity contribution < 1.29 is 4.79 Å². The van der Waals surface area contributed by atoms with Crippen molar-refractivity contribution >= 4 is 22.6 Å². The highest BCUT2D eigenvalue weighted by atomic mass is 16.1. The molecule has 0 saturated heterocycles. The number of carbonyl (C=O) groups excluding carboxylic acids is 1. The fourth-order valence-electron chi connectivity index (χ4n) is 1.76. The van der Waals surface area contributed by atoms with Gasteiger partial charge in [-0.1, -0.05) is 0 Å². The standard InChI is InChI=1S/C12H13N3O2/c1-3-15-10-6-11(14-8(2)16)13-7-9(10)4-5-12(15)17/h4-7H,3H2,1-2H3,(H,13,14,16). The Kier molecular flexibility index (Phi) is 2.91. The Hall–Kier alpha value is -2.17. The van der Waals surface area contributed by atoms with Crippen molar-refractivity contribution in [2.75, 3.05) is 5.32 Å². The van der Waals surface area contributed by atoms with Gasteiger partial charge in [0.1, 0.15) is 5.82 Å². The third-order valence-corrected chi connectivity index (χ3v) is 2.49. The number of aromatic nitrogens is 2. The molecule has 0 radical (unpaired) electrons. The van der Waals surface area contributed by atoms with Gasteiger partial charge in [-0.05, 0) is 13.0 Å². The molecule has 0 aliphatic rings. The minimum absolute atomic E-state index is 0.0556. The highest BCUT2D eigenvalue weighted by Crippen LogP contribution is 2.14. The molecule has 0 fully saturated rings. The van der Waals surface area contributed by atoms with Gasteiger partial charge in [0.15, 0.2) is 0 Å². The Morgan fingerprint density at radius 1 is 1.47 bits per heavy atom. The third-order valence-electron chi connectivity index (χ3n) is 2.49. The second kappa shape index (κ2) is 4.37. The fraction of sp³-hybridized carbons (Fsp3) is 0.250. The lowest BCUT2D eigenvalue weighted by atomic mass is 10.2. The molecule has 2 aromatic rings. The average Bonchev–Trinajstić information content (AvgIpc) is 2.28. The SMILES string of the molecule is CCn1c(=O)ccc2cnc(NC(C)=O)cc21. The van der Waals surface area contributed by atoms with E-state index >= 15 is 0 Å². The summed E-state index contributed by atoms with van der Waals surface area (Å²) < 4.78 is 1.64. The van der Waals surface area contributed by atoms with Crippen molar-refractivity contribution in [3.8, 4) is 0 Å². The van der Waals surface area contributed by atoms with Gasteiger partial charge in [-0.2, -0.15) is 0 Å². The van der Waals surface area contributed by atoms with Crippen LogP contribution in [-0.2, 0) is 11.3 Å². The zero-order valence-corrected chi connectivity index (χ0v) is 9.73. The molecule has 88 valence electrons. The van der Waals surface area contributed by atoms with Gasteiger partial charge in [0, 0.05) is 37.2 Å². The number of nitrogens with one attached hydrogen (secondary N) is 1. The molecule has 0 aliphatic heterocycles. The quantitative estimate of drug-likeness (QED) is 0.849. The average molecular weight is 231 g/mol. The zero-order valence-electron chi connectivity index (χ0n) is 9.73. The topological polar surface area (TPSA) is 64.0 Å². The van der Waals surface area contributed by atoms with E-state index in [-0.39, 0.29) is 11.5 Å². The number of amides is 1. The maximum absolute atomic E-state index is 11.7. The number of nitrogens with zero attached hydrogens (tertiary/aromatic N) is 2. The van der Waals surface area contributed by atoms with Gasteiger partial charge in [0.25, 0.3) is 5.56 Å². The van der Waals surface area contributed by atoms with Crippen LogP contribution in [0.3, 0.4) is 0 Å². The first-order valence-electron chi connectivity index (χ1n) is 5.39. The van der Waals surface area contributed by atoms with Crippen molar-refractivity contribution in [1.82, 2.24) is 9.55 Å². The molecule has 5 heteroatoms. The Labute approximate surface area is 98.1 Å². The molecule has 0 bridgehead atoms. The van der Waals surface area contributed by atoms with Crippen LogP contribution in [0, 0.1) is 0 Å². The normalized spacial score (nSPS) is 10.5. The summed E-state index contributed by atoms with van der Waals surface area (Å²) in [5.74, 6) is 0.274. The molecule has 0 saturated carbocycles. The van der Waals surface area contributed by atoms with Crippen molar-refractivity contribution in [1.29, 1.82) is 0 Å². The Morgan fingerprint density at radius 2 is 2.24 bits per heavy atom. The number of hydrogen-bond donors (Lipinski definition) is 1. The maximum atomic E-state index is 11.7. The van der Waals surface area contributed by atoms with E-state index in [2.05, 4.69) is 10.3 Å². The van der Waals surface area contributed by atoms with Crippen LogP contribution < -0.4 is 10.9 Å². The van der Waals surface area contributed by atoms with Crippen LogP contribution in [0.1, 0.15) is 13.8 Å². The fourth-order valence-corrected chi connectivity index (χ4v) is 1.76. The first kappa shape index (κ1) is 11.3. The monoisotopic (exact) mass is 231 g/mol. The molecule has 0 spiro atoms. The summed E-state index contributed by atoms with van der Waals surface area (Å²) in [5.41, 5.74) is 0.721. The van der Waals surface area contributed by atoms with Crippen LogP contribution >= 0.6 is 0 Å². The highest BCUT2D eigenvalue weighted by molar-refractivity contribution is 5.90. The maximum Gasteiger partial charge on any atom is 0.251 e. The molecule has 5 nitrogen and oxygen atoms in total. The third kappa shape index (κ3) is 2.18. The Morgan fingerprint density at radius 3 is 2.88 bits per heavy atom. The summed E-state index contributed by atoms with van der Waals surface area (Å²) in [6.45, 7) is 3.91. The number of rotatable bonds is 2. The molecule has 1 amide bonds. The molecule has 0 atom stereocenters. The van der Waals surface area contributed by atoms with Gasteiger partial charge in [0.05, 0.1) is 5.52 Å². The van der Waals surface area contributed by atoms with Gasteiger partial charge in [-0.15, -0.1) is 0 Å². The lowest BCUT2D eigenvalue weighted by Gasteiger charge is -2.08. The van der Waals surface area contributed by atoms with Crippen LogP contribution in [-0.4, -0.2) is 15.5 Å². The molecule has 2 heterocycles. The molecular weight excluding hydrogens is 218 g/mol. The molecule has 0 unspecified atom stereocenters. The van der Waals surface area contributed by atoms with E-state index in [4.69, 9.17) is 0 Å². The summed E-state index contributed by atoms with van der Waals surface area (Å²) in [6, 6.07) is 4.96. The van der Waals surface area contributed by atoms with Gasteiger partial charge < -0.3 is 9.88 Å². The number of pyridine rings is 2. The minimum Gasteiger partial charge on any atom is -0.311 e. The molecule has 2 rings (SSSR count). The largest absolute Gasteiger partial charge is 0.311 e. The van der Waals surface area contributed by atoms with Crippen molar-refractivity contribution in [2.45, 2.75) is 20.4 Å². The van der Waals surface area contributed by atoms with Gasteiger partial charge in [0.2, 0.25) is 5.91 Å². The summed E-state index contributed by atoms with van der Waals surface area (Å²) >= 11 is 0. The van der Waals surface area contributed by atoms with Gasteiger partial charge >= 0.3 is 0 Å². The van der Waals surface area contributed by atoms with E-state index in [1.165, 1.54) is 13.0 Å². The number of aryl methyl sites for hydroxylation is 1. The second-order valence-corrected chi connectivity index (χ2v) is 3.73. The number of hydrogen-bond acceptors (Lipinski definition) is 3. The molecule has 17 heavy (non-hydrogen) atoms. The summed E-state index contributed by atoms with van der Waals surface area (Å²) in [6.07, 6.45) is 1.65. The lowest BCUT2D eigenvalue weighted by molar-refractivity contribution is -0.114. The molecular formula is C12H13N3O2. The lowest BCUT2D eigenvalue weighted by Crippen LogP contribution is -2.18.